The van der Waals surface area contributed by atoms with Crippen molar-refractivity contribution in [3.05, 3.63) is 58.3 Å². The number of aromatic nitrogens is 1. The molecule has 1 aromatic carbocycles. The Balaban J connectivity index is 1.99. The minimum atomic E-state index is -0.444. The molecular weight excluding hydrogens is 311 g/mol. The number of nitrogens with one attached hydrogen (secondary N) is 2. The summed E-state index contributed by atoms with van der Waals surface area (Å²) in [5.74, 6) is 0. The lowest BCUT2D eigenvalue weighted by molar-refractivity contribution is 0.252. The molecule has 0 saturated heterocycles. The van der Waals surface area contributed by atoms with Crippen LogP contribution in [0.15, 0.2) is 47.8 Å². The number of carbonyl (C=O) groups is 1. The summed E-state index contributed by atoms with van der Waals surface area (Å²) < 4.78 is 0. The highest BCUT2D eigenvalue weighted by Crippen LogP contribution is 2.22. The fourth-order valence-corrected chi connectivity index (χ4v) is 1.81. The van der Waals surface area contributed by atoms with Gasteiger partial charge in [0.2, 0.25) is 0 Å². The van der Waals surface area contributed by atoms with E-state index in [4.69, 9.17) is 23.2 Å². The summed E-state index contributed by atoms with van der Waals surface area (Å²) >= 11 is 11.8. The van der Waals surface area contributed by atoms with Gasteiger partial charge in [-0.25, -0.2) is 10.2 Å². The Morgan fingerprint density at radius 2 is 1.86 bits per heavy atom. The number of rotatable bonds is 3. The van der Waals surface area contributed by atoms with Crippen molar-refractivity contribution in [2.75, 3.05) is 5.32 Å². The van der Waals surface area contributed by atoms with Gasteiger partial charge in [-0.2, -0.15) is 5.10 Å². The van der Waals surface area contributed by atoms with Crippen molar-refractivity contribution < 1.29 is 4.79 Å². The first-order chi connectivity index (χ1) is 10.1. The zero-order chi connectivity index (χ0) is 15.2. The average Bonchev–Trinajstić information content (AvgIpc) is 2.48. The molecule has 21 heavy (non-hydrogen) atoms. The Kier molecular flexibility index (Phi) is 5.14. The van der Waals surface area contributed by atoms with E-state index in [1.165, 1.54) is 0 Å². The van der Waals surface area contributed by atoms with E-state index in [1.54, 1.807) is 49.6 Å². The monoisotopic (exact) mass is 322 g/mol. The van der Waals surface area contributed by atoms with Gasteiger partial charge in [-0.3, -0.25) is 4.98 Å². The number of hydrogen-bond acceptors (Lipinski definition) is 3. The summed E-state index contributed by atoms with van der Waals surface area (Å²) in [6.45, 7) is 1.76. The van der Waals surface area contributed by atoms with Crippen molar-refractivity contribution in [1.82, 2.24) is 10.4 Å². The van der Waals surface area contributed by atoms with E-state index in [-0.39, 0.29) is 0 Å². The Bertz CT molecular complexity index is 674. The Labute approximate surface area is 132 Å². The summed E-state index contributed by atoms with van der Waals surface area (Å²) in [5, 5.41) is 7.53. The summed E-state index contributed by atoms with van der Waals surface area (Å²) in [6, 6.07) is 8.04. The normalized spacial score (nSPS) is 11.1. The molecule has 108 valence electrons. The second-order valence-electron chi connectivity index (χ2n) is 4.13. The van der Waals surface area contributed by atoms with Crippen LogP contribution in [-0.4, -0.2) is 16.7 Å². The average molecular weight is 323 g/mol. The van der Waals surface area contributed by atoms with Gasteiger partial charge in [-0.05, 0) is 36.8 Å². The summed E-state index contributed by atoms with van der Waals surface area (Å²) in [5.41, 5.74) is 4.42. The van der Waals surface area contributed by atoms with Gasteiger partial charge >= 0.3 is 6.03 Å². The lowest BCUT2D eigenvalue weighted by atomic mass is 10.1. The molecule has 0 atom stereocenters. The second kappa shape index (κ2) is 7.06. The molecule has 1 aromatic heterocycles. The maximum Gasteiger partial charge on any atom is 0.339 e. The van der Waals surface area contributed by atoms with Crippen LogP contribution in [0.2, 0.25) is 10.0 Å². The van der Waals surface area contributed by atoms with E-state index in [9.17, 15) is 4.79 Å². The van der Waals surface area contributed by atoms with Crippen LogP contribution >= 0.6 is 23.2 Å². The second-order valence-corrected chi connectivity index (χ2v) is 4.94. The van der Waals surface area contributed by atoms with Crippen LogP contribution < -0.4 is 10.7 Å². The number of anilines is 1. The number of hydrogen-bond donors (Lipinski definition) is 2. The van der Waals surface area contributed by atoms with Crippen molar-refractivity contribution >= 4 is 40.6 Å². The molecule has 0 bridgehead atoms. The number of halogens is 2. The molecule has 0 spiro atoms. The molecule has 5 nitrogen and oxygen atoms in total. The van der Waals surface area contributed by atoms with Crippen LogP contribution in [0, 0.1) is 0 Å². The quantitative estimate of drug-likeness (QED) is 0.664. The number of urea groups is 1. The first-order valence-corrected chi connectivity index (χ1v) is 6.78. The maximum absolute atomic E-state index is 11.7. The van der Waals surface area contributed by atoms with E-state index in [0.29, 0.717) is 21.4 Å². The molecular formula is C14H12Cl2N4O. The topological polar surface area (TPSA) is 66.4 Å². The first-order valence-electron chi connectivity index (χ1n) is 6.03. The van der Waals surface area contributed by atoms with Gasteiger partial charge in [0.1, 0.15) is 0 Å². The molecule has 7 heteroatoms. The third-order valence-electron chi connectivity index (χ3n) is 2.60. The Morgan fingerprint density at radius 3 is 2.52 bits per heavy atom. The van der Waals surface area contributed by atoms with Gasteiger partial charge in [0, 0.05) is 18.1 Å². The van der Waals surface area contributed by atoms with Gasteiger partial charge in [-0.1, -0.05) is 29.3 Å². The van der Waals surface area contributed by atoms with Gasteiger partial charge in [0.25, 0.3) is 0 Å². The molecule has 0 aliphatic heterocycles. The molecule has 2 aromatic rings. The predicted molar refractivity (Wildman–Crippen MR) is 85.1 cm³/mol. The molecule has 0 radical (unpaired) electrons. The third-order valence-corrected chi connectivity index (χ3v) is 3.34. The molecule has 0 unspecified atom stereocenters. The van der Waals surface area contributed by atoms with E-state index in [1.807, 2.05) is 0 Å². The highest BCUT2D eigenvalue weighted by atomic mass is 35.5. The Hall–Kier alpha value is -2.11. The molecule has 2 rings (SSSR count). The minimum absolute atomic E-state index is 0.435. The zero-order valence-electron chi connectivity index (χ0n) is 11.1. The smallest absolute Gasteiger partial charge is 0.306 e. The fraction of sp³-hybridized carbons (Fsp3) is 0.0714. The lowest BCUT2D eigenvalue weighted by Crippen LogP contribution is -2.25. The fourth-order valence-electron chi connectivity index (χ4n) is 1.51. The minimum Gasteiger partial charge on any atom is -0.306 e. The van der Waals surface area contributed by atoms with Crippen LogP contribution in [0.4, 0.5) is 10.5 Å². The zero-order valence-corrected chi connectivity index (χ0v) is 12.6. The molecule has 1 heterocycles. The van der Waals surface area contributed by atoms with Crippen molar-refractivity contribution in [2.45, 2.75) is 6.92 Å². The van der Waals surface area contributed by atoms with Gasteiger partial charge in [-0.15, -0.1) is 0 Å². The Morgan fingerprint density at radius 1 is 1.14 bits per heavy atom. The van der Waals surface area contributed by atoms with Crippen LogP contribution in [-0.2, 0) is 0 Å². The molecule has 0 saturated carbocycles. The van der Waals surface area contributed by atoms with Crippen molar-refractivity contribution in [1.29, 1.82) is 0 Å². The largest absolute Gasteiger partial charge is 0.339 e. The molecule has 2 amide bonds. The van der Waals surface area contributed by atoms with Crippen LogP contribution in [0.3, 0.4) is 0 Å². The summed E-state index contributed by atoms with van der Waals surface area (Å²) in [4.78, 5) is 15.5. The third kappa shape index (κ3) is 4.44. The van der Waals surface area contributed by atoms with E-state index >= 15 is 0 Å². The van der Waals surface area contributed by atoms with Crippen molar-refractivity contribution in [2.24, 2.45) is 5.10 Å². The van der Waals surface area contributed by atoms with Crippen molar-refractivity contribution in [3.63, 3.8) is 0 Å². The predicted octanol–water partition coefficient (Wildman–Crippen LogP) is 3.93. The van der Waals surface area contributed by atoms with Crippen LogP contribution in [0.25, 0.3) is 0 Å². The number of amides is 2. The summed E-state index contributed by atoms with van der Waals surface area (Å²) in [6.07, 6.45) is 3.17. The number of nitrogens with zero attached hydrogens (tertiary/aromatic N) is 2. The SMILES string of the molecule is CC(=NNC(=O)Nc1ccncc1)c1ccc(Cl)c(Cl)c1. The molecule has 0 aliphatic carbocycles. The van der Waals surface area contributed by atoms with Gasteiger partial charge in [0.15, 0.2) is 0 Å². The maximum atomic E-state index is 11.7. The molecule has 2 N–H and O–H groups in total. The first kappa shape index (κ1) is 15.3. The van der Waals surface area contributed by atoms with E-state index < -0.39 is 6.03 Å². The van der Waals surface area contributed by atoms with Gasteiger partial charge in [0.05, 0.1) is 15.8 Å². The standard InChI is InChI=1S/C14H12Cl2N4O/c1-9(10-2-3-12(15)13(16)8-10)19-20-14(21)18-11-4-6-17-7-5-11/h2-8H,1H3,(H2,17,18,20,21). The molecule has 0 aliphatic rings. The highest BCUT2D eigenvalue weighted by molar-refractivity contribution is 6.42. The number of pyridine rings is 1. The highest BCUT2D eigenvalue weighted by Gasteiger charge is 2.04. The number of hydrazone groups is 1. The van der Waals surface area contributed by atoms with Crippen LogP contribution in [0.1, 0.15) is 12.5 Å². The van der Waals surface area contributed by atoms with E-state index in [2.05, 4.69) is 20.8 Å². The number of benzene rings is 1. The van der Waals surface area contributed by atoms with Crippen molar-refractivity contribution in [3.8, 4) is 0 Å². The number of carbonyl (C=O) groups excluding carboxylic acids is 1. The lowest BCUT2D eigenvalue weighted by Gasteiger charge is -2.05. The van der Waals surface area contributed by atoms with Crippen LogP contribution in [0.5, 0.6) is 0 Å². The molecule has 0 fully saturated rings. The van der Waals surface area contributed by atoms with Gasteiger partial charge < -0.3 is 5.32 Å². The summed E-state index contributed by atoms with van der Waals surface area (Å²) in [7, 11) is 0. The van der Waals surface area contributed by atoms with E-state index in [0.717, 1.165) is 5.56 Å².